The zero-order chi connectivity index (χ0) is 17.4. The van der Waals surface area contributed by atoms with Crippen molar-refractivity contribution >= 4 is 23.3 Å². The molecule has 0 saturated carbocycles. The van der Waals surface area contributed by atoms with Crippen molar-refractivity contribution < 1.29 is 9.53 Å². The summed E-state index contributed by atoms with van der Waals surface area (Å²) >= 11 is 5.99. The van der Waals surface area contributed by atoms with Crippen molar-refractivity contribution in [3.63, 3.8) is 0 Å². The Kier molecular flexibility index (Phi) is 3.89. The summed E-state index contributed by atoms with van der Waals surface area (Å²) in [7, 11) is 1.59. The van der Waals surface area contributed by atoms with Gasteiger partial charge in [-0.15, -0.1) is 0 Å². The molecule has 0 bridgehead atoms. The normalized spacial score (nSPS) is 16.2. The van der Waals surface area contributed by atoms with Crippen LogP contribution in [0.5, 0.6) is 5.75 Å². The van der Waals surface area contributed by atoms with E-state index >= 15 is 0 Å². The Morgan fingerprint density at radius 1 is 1.24 bits per heavy atom. The summed E-state index contributed by atoms with van der Waals surface area (Å²) in [6.07, 6.45) is 3.72. The quantitative estimate of drug-likeness (QED) is 0.753. The Balaban J connectivity index is 1.85. The molecule has 3 aromatic rings. The number of anilines is 1. The molecule has 3 heterocycles. The number of carbonyl (C=O) groups is 1. The highest BCUT2D eigenvalue weighted by Gasteiger charge is 2.32. The summed E-state index contributed by atoms with van der Waals surface area (Å²) in [5, 5.41) is 10.8. The lowest BCUT2D eigenvalue weighted by Crippen LogP contribution is -2.23. The summed E-state index contributed by atoms with van der Waals surface area (Å²) in [5.74, 6) is 0.973. The number of nitrogens with one attached hydrogen (secondary N) is 2. The zero-order valence-electron chi connectivity index (χ0n) is 13.4. The number of halogens is 1. The second-order valence-electron chi connectivity index (χ2n) is 5.83. The Labute approximate surface area is 149 Å². The SMILES string of the molecule is COc1cncc(C2CC(=O)Nc3n[nH]c(-c4ccc(Cl)cc4)c32)c1. The molecule has 0 aliphatic carbocycles. The van der Waals surface area contributed by atoms with Crippen molar-refractivity contribution in [2.45, 2.75) is 12.3 Å². The highest BCUT2D eigenvalue weighted by Crippen LogP contribution is 2.42. The van der Waals surface area contributed by atoms with Gasteiger partial charge in [-0.05, 0) is 23.8 Å². The predicted octanol–water partition coefficient (Wildman–Crippen LogP) is 3.61. The summed E-state index contributed by atoms with van der Waals surface area (Å²) < 4.78 is 5.27. The molecule has 2 N–H and O–H groups in total. The Bertz CT molecular complexity index is 937. The molecule has 6 nitrogen and oxygen atoms in total. The lowest BCUT2D eigenvalue weighted by Gasteiger charge is -2.23. The smallest absolute Gasteiger partial charge is 0.226 e. The number of carbonyl (C=O) groups excluding carboxylic acids is 1. The average Bonchev–Trinajstić information content (AvgIpc) is 3.05. The molecular weight excluding hydrogens is 340 g/mol. The van der Waals surface area contributed by atoms with E-state index < -0.39 is 0 Å². The van der Waals surface area contributed by atoms with Crippen LogP contribution in [0.1, 0.15) is 23.5 Å². The van der Waals surface area contributed by atoms with Crippen molar-refractivity contribution in [3.05, 3.63) is 58.9 Å². The van der Waals surface area contributed by atoms with Crippen LogP contribution in [0.15, 0.2) is 42.7 Å². The molecule has 4 rings (SSSR count). The number of methoxy groups -OCH3 is 1. The first-order chi connectivity index (χ1) is 12.2. The van der Waals surface area contributed by atoms with Crippen molar-refractivity contribution in [1.82, 2.24) is 15.2 Å². The molecule has 1 aromatic carbocycles. The molecule has 25 heavy (non-hydrogen) atoms. The van der Waals surface area contributed by atoms with Crippen LogP contribution in [0.25, 0.3) is 11.3 Å². The van der Waals surface area contributed by atoms with Crippen LogP contribution in [-0.2, 0) is 4.79 Å². The van der Waals surface area contributed by atoms with E-state index in [1.54, 1.807) is 19.5 Å². The van der Waals surface area contributed by atoms with Crippen LogP contribution in [0, 0.1) is 0 Å². The molecule has 2 aromatic heterocycles. The predicted molar refractivity (Wildman–Crippen MR) is 94.9 cm³/mol. The molecule has 1 amide bonds. The second kappa shape index (κ2) is 6.22. The highest BCUT2D eigenvalue weighted by atomic mass is 35.5. The number of amides is 1. The van der Waals surface area contributed by atoms with Crippen LogP contribution < -0.4 is 10.1 Å². The fourth-order valence-electron chi connectivity index (χ4n) is 3.11. The molecular formula is C18H15ClN4O2. The molecule has 126 valence electrons. The van der Waals surface area contributed by atoms with Gasteiger partial charge in [-0.2, -0.15) is 5.10 Å². The minimum Gasteiger partial charge on any atom is -0.495 e. The van der Waals surface area contributed by atoms with E-state index in [1.165, 1.54) is 0 Å². The van der Waals surface area contributed by atoms with Crippen LogP contribution >= 0.6 is 11.6 Å². The lowest BCUT2D eigenvalue weighted by atomic mass is 9.85. The maximum absolute atomic E-state index is 12.1. The molecule has 0 radical (unpaired) electrons. The molecule has 0 saturated heterocycles. The first-order valence-electron chi connectivity index (χ1n) is 7.78. The Morgan fingerprint density at radius 3 is 2.80 bits per heavy atom. The number of aromatic nitrogens is 3. The number of aromatic amines is 1. The van der Waals surface area contributed by atoms with Gasteiger partial charge in [0.05, 0.1) is 19.0 Å². The van der Waals surface area contributed by atoms with Gasteiger partial charge in [0.15, 0.2) is 5.82 Å². The topological polar surface area (TPSA) is 79.9 Å². The van der Waals surface area contributed by atoms with E-state index in [0.717, 1.165) is 22.4 Å². The minimum atomic E-state index is -0.157. The van der Waals surface area contributed by atoms with Gasteiger partial charge in [0.1, 0.15) is 5.75 Å². The summed E-state index contributed by atoms with van der Waals surface area (Å²) in [4.78, 5) is 16.3. The van der Waals surface area contributed by atoms with Gasteiger partial charge < -0.3 is 10.1 Å². The molecule has 7 heteroatoms. The zero-order valence-corrected chi connectivity index (χ0v) is 14.2. The van der Waals surface area contributed by atoms with Crippen LogP contribution in [-0.4, -0.2) is 28.2 Å². The monoisotopic (exact) mass is 354 g/mol. The molecule has 1 atom stereocenters. The third-order valence-electron chi connectivity index (χ3n) is 4.31. The van der Waals surface area contributed by atoms with Gasteiger partial charge in [0.2, 0.25) is 5.91 Å². The first-order valence-corrected chi connectivity index (χ1v) is 8.16. The van der Waals surface area contributed by atoms with E-state index in [0.29, 0.717) is 23.0 Å². The van der Waals surface area contributed by atoms with Gasteiger partial charge in [0, 0.05) is 34.7 Å². The van der Waals surface area contributed by atoms with Crippen molar-refractivity contribution in [1.29, 1.82) is 0 Å². The molecule has 1 aliphatic heterocycles. The number of H-pyrrole nitrogens is 1. The summed E-state index contributed by atoms with van der Waals surface area (Å²) in [5.41, 5.74) is 3.67. The van der Waals surface area contributed by atoms with E-state index in [1.807, 2.05) is 30.3 Å². The van der Waals surface area contributed by atoms with Crippen molar-refractivity contribution in [2.24, 2.45) is 0 Å². The van der Waals surface area contributed by atoms with E-state index in [-0.39, 0.29) is 11.8 Å². The Morgan fingerprint density at radius 2 is 2.04 bits per heavy atom. The second-order valence-corrected chi connectivity index (χ2v) is 6.27. The first kappa shape index (κ1) is 15.7. The standard InChI is InChI=1S/C18H15ClN4O2/c1-25-13-6-11(8-20-9-13)14-7-15(24)21-18-16(14)17(22-23-18)10-2-4-12(19)5-3-10/h2-6,8-9,14H,7H2,1H3,(H2,21,22,23,24). The van der Waals surface area contributed by atoms with Crippen molar-refractivity contribution in [3.8, 4) is 17.0 Å². The molecule has 1 unspecified atom stereocenters. The maximum atomic E-state index is 12.1. The average molecular weight is 355 g/mol. The van der Waals surface area contributed by atoms with E-state index in [2.05, 4.69) is 20.5 Å². The van der Waals surface area contributed by atoms with Crippen LogP contribution in [0.4, 0.5) is 5.82 Å². The van der Waals surface area contributed by atoms with Gasteiger partial charge in [-0.1, -0.05) is 23.7 Å². The van der Waals surface area contributed by atoms with Crippen LogP contribution in [0.3, 0.4) is 0 Å². The Hall–Kier alpha value is -2.86. The number of rotatable bonds is 3. The molecule has 0 spiro atoms. The van der Waals surface area contributed by atoms with E-state index in [4.69, 9.17) is 16.3 Å². The van der Waals surface area contributed by atoms with Gasteiger partial charge >= 0.3 is 0 Å². The number of benzene rings is 1. The summed E-state index contributed by atoms with van der Waals surface area (Å²) in [6.45, 7) is 0. The minimum absolute atomic E-state index is 0.0746. The van der Waals surface area contributed by atoms with Gasteiger partial charge in [0.25, 0.3) is 0 Å². The fourth-order valence-corrected chi connectivity index (χ4v) is 3.24. The molecule has 0 fully saturated rings. The number of pyridine rings is 1. The number of hydrogen-bond donors (Lipinski definition) is 2. The third kappa shape index (κ3) is 2.85. The number of ether oxygens (including phenoxy) is 1. The lowest BCUT2D eigenvalue weighted by molar-refractivity contribution is -0.116. The highest BCUT2D eigenvalue weighted by molar-refractivity contribution is 6.30. The van der Waals surface area contributed by atoms with E-state index in [9.17, 15) is 4.79 Å². The fraction of sp³-hybridized carbons (Fsp3) is 0.167. The number of hydrogen-bond acceptors (Lipinski definition) is 4. The maximum Gasteiger partial charge on any atom is 0.226 e. The number of nitrogens with zero attached hydrogens (tertiary/aromatic N) is 2. The van der Waals surface area contributed by atoms with Crippen molar-refractivity contribution in [2.75, 3.05) is 12.4 Å². The van der Waals surface area contributed by atoms with Gasteiger partial charge in [-0.3, -0.25) is 14.9 Å². The largest absolute Gasteiger partial charge is 0.495 e. The molecule has 1 aliphatic rings. The third-order valence-corrected chi connectivity index (χ3v) is 4.56. The number of fused-ring (bicyclic) bond motifs is 1. The summed E-state index contributed by atoms with van der Waals surface area (Å²) in [6, 6.07) is 9.40. The van der Waals surface area contributed by atoms with Crippen LogP contribution in [0.2, 0.25) is 5.02 Å². The van der Waals surface area contributed by atoms with Gasteiger partial charge in [-0.25, -0.2) is 0 Å².